The first kappa shape index (κ1) is 13.9. The van der Waals surface area contributed by atoms with E-state index in [4.69, 9.17) is 27.9 Å². The first-order chi connectivity index (χ1) is 9.15. The van der Waals surface area contributed by atoms with Gasteiger partial charge in [0.05, 0.1) is 29.0 Å². The van der Waals surface area contributed by atoms with E-state index in [0.717, 1.165) is 12.1 Å². The number of anilines is 1. The lowest BCUT2D eigenvalue weighted by molar-refractivity contribution is 0.413. The minimum atomic E-state index is 0.474. The highest BCUT2D eigenvalue weighted by atomic mass is 35.5. The van der Waals surface area contributed by atoms with Gasteiger partial charge in [-0.05, 0) is 19.1 Å². The van der Waals surface area contributed by atoms with Crippen LogP contribution >= 0.6 is 23.2 Å². The highest BCUT2D eigenvalue weighted by Crippen LogP contribution is 2.33. The van der Waals surface area contributed by atoms with Gasteiger partial charge < -0.3 is 10.1 Å². The zero-order valence-electron chi connectivity index (χ0n) is 10.6. The van der Waals surface area contributed by atoms with E-state index in [1.807, 2.05) is 13.0 Å². The topological polar surface area (TPSA) is 47.0 Å². The Kier molecular flexibility index (Phi) is 4.45. The van der Waals surface area contributed by atoms with Crippen LogP contribution in [0.5, 0.6) is 5.75 Å². The summed E-state index contributed by atoms with van der Waals surface area (Å²) in [6.45, 7) is 2.70. The third kappa shape index (κ3) is 3.08. The molecule has 0 saturated heterocycles. The maximum Gasteiger partial charge on any atom is 0.145 e. The second-order valence-corrected chi connectivity index (χ2v) is 4.61. The summed E-state index contributed by atoms with van der Waals surface area (Å²) in [5.74, 6) is 1.25. The molecule has 0 atom stereocenters. The minimum absolute atomic E-state index is 0.474. The van der Waals surface area contributed by atoms with Crippen molar-refractivity contribution in [2.75, 3.05) is 19.0 Å². The summed E-state index contributed by atoms with van der Waals surface area (Å²) in [4.78, 5) is 8.53. The number of methoxy groups -OCH3 is 1. The molecule has 0 aromatic carbocycles. The van der Waals surface area contributed by atoms with Gasteiger partial charge in [-0.1, -0.05) is 23.2 Å². The average molecular weight is 298 g/mol. The van der Waals surface area contributed by atoms with Crippen LogP contribution in [0.2, 0.25) is 10.0 Å². The molecule has 2 aromatic rings. The van der Waals surface area contributed by atoms with Gasteiger partial charge in [0, 0.05) is 18.3 Å². The molecular formula is C13H13Cl2N3O. The second-order valence-electron chi connectivity index (χ2n) is 3.79. The molecule has 0 aliphatic carbocycles. The van der Waals surface area contributed by atoms with Crippen molar-refractivity contribution in [3.8, 4) is 17.0 Å². The van der Waals surface area contributed by atoms with Crippen molar-refractivity contribution >= 4 is 29.0 Å². The molecule has 0 aliphatic rings. The standard InChI is InChI=1S/C13H13Cl2N3O/c1-3-17-13-11(15)5-10(14)12(18-13)8-4-9(19-2)7-16-6-8/h4-7H,3H2,1-2H3,(H,17,18). The zero-order valence-corrected chi connectivity index (χ0v) is 12.1. The third-order valence-corrected chi connectivity index (χ3v) is 3.07. The Morgan fingerprint density at radius 2 is 2.00 bits per heavy atom. The first-order valence-corrected chi connectivity index (χ1v) is 6.50. The lowest BCUT2D eigenvalue weighted by Crippen LogP contribution is -2.01. The van der Waals surface area contributed by atoms with Crippen molar-refractivity contribution in [3.63, 3.8) is 0 Å². The van der Waals surface area contributed by atoms with E-state index < -0.39 is 0 Å². The molecule has 0 spiro atoms. The highest BCUT2D eigenvalue weighted by molar-refractivity contribution is 6.37. The summed E-state index contributed by atoms with van der Waals surface area (Å²) in [5, 5.41) is 4.05. The molecule has 0 fully saturated rings. The van der Waals surface area contributed by atoms with E-state index >= 15 is 0 Å². The largest absolute Gasteiger partial charge is 0.495 e. The predicted molar refractivity (Wildman–Crippen MR) is 78.2 cm³/mol. The van der Waals surface area contributed by atoms with Crippen LogP contribution in [-0.2, 0) is 0 Å². The quantitative estimate of drug-likeness (QED) is 0.930. The van der Waals surface area contributed by atoms with Gasteiger partial charge in [0.15, 0.2) is 0 Å². The maximum absolute atomic E-state index is 6.19. The fourth-order valence-corrected chi connectivity index (χ4v) is 2.15. The van der Waals surface area contributed by atoms with Crippen molar-refractivity contribution in [1.29, 1.82) is 0 Å². The lowest BCUT2D eigenvalue weighted by atomic mass is 10.2. The Morgan fingerprint density at radius 3 is 2.68 bits per heavy atom. The van der Waals surface area contributed by atoms with Crippen molar-refractivity contribution in [2.24, 2.45) is 0 Å². The summed E-state index contributed by atoms with van der Waals surface area (Å²) in [6, 6.07) is 3.49. The molecule has 1 N–H and O–H groups in total. The Hall–Kier alpha value is -1.52. The van der Waals surface area contributed by atoms with Crippen molar-refractivity contribution in [3.05, 3.63) is 34.6 Å². The van der Waals surface area contributed by atoms with Crippen molar-refractivity contribution in [1.82, 2.24) is 9.97 Å². The summed E-state index contributed by atoms with van der Waals surface area (Å²) < 4.78 is 5.14. The smallest absolute Gasteiger partial charge is 0.145 e. The molecule has 0 amide bonds. The monoisotopic (exact) mass is 297 g/mol. The van der Waals surface area contributed by atoms with Crippen molar-refractivity contribution < 1.29 is 4.74 Å². The summed E-state index contributed by atoms with van der Waals surface area (Å²) >= 11 is 12.3. The SMILES string of the molecule is CCNc1nc(-c2cncc(OC)c2)c(Cl)cc1Cl. The lowest BCUT2D eigenvalue weighted by Gasteiger charge is -2.10. The van der Waals surface area contributed by atoms with Gasteiger partial charge in [-0.2, -0.15) is 0 Å². The molecule has 19 heavy (non-hydrogen) atoms. The van der Waals surface area contributed by atoms with E-state index in [9.17, 15) is 0 Å². The number of nitrogens with zero attached hydrogens (tertiary/aromatic N) is 2. The third-order valence-electron chi connectivity index (χ3n) is 2.50. The van der Waals surface area contributed by atoms with Gasteiger partial charge in [0.2, 0.25) is 0 Å². The van der Waals surface area contributed by atoms with Gasteiger partial charge in [0.1, 0.15) is 11.6 Å². The van der Waals surface area contributed by atoms with Crippen LogP contribution in [0.15, 0.2) is 24.5 Å². The van der Waals surface area contributed by atoms with E-state index in [0.29, 0.717) is 27.3 Å². The van der Waals surface area contributed by atoms with Gasteiger partial charge in [-0.15, -0.1) is 0 Å². The fraction of sp³-hybridized carbons (Fsp3) is 0.231. The number of aromatic nitrogens is 2. The molecule has 2 rings (SSSR count). The van der Waals surface area contributed by atoms with Crippen LogP contribution in [0.25, 0.3) is 11.3 Å². The number of hydrogen-bond acceptors (Lipinski definition) is 4. The number of pyridine rings is 2. The van der Waals surface area contributed by atoms with Crippen LogP contribution < -0.4 is 10.1 Å². The summed E-state index contributed by atoms with van der Waals surface area (Å²) in [5.41, 5.74) is 1.40. The van der Waals surface area contributed by atoms with E-state index in [-0.39, 0.29) is 0 Å². The minimum Gasteiger partial charge on any atom is -0.495 e. The van der Waals surface area contributed by atoms with E-state index in [1.165, 1.54) is 0 Å². The molecule has 0 aliphatic heterocycles. The number of ether oxygens (including phenoxy) is 1. The molecule has 0 radical (unpaired) electrons. The molecule has 0 bridgehead atoms. The van der Waals surface area contributed by atoms with Gasteiger partial charge >= 0.3 is 0 Å². The Labute approximate surface area is 121 Å². The zero-order chi connectivity index (χ0) is 13.8. The Morgan fingerprint density at radius 1 is 1.21 bits per heavy atom. The average Bonchev–Trinajstić information content (AvgIpc) is 2.42. The molecule has 0 unspecified atom stereocenters. The van der Waals surface area contributed by atoms with Crippen LogP contribution in [0.1, 0.15) is 6.92 Å². The normalized spacial score (nSPS) is 10.3. The second kappa shape index (κ2) is 6.08. The predicted octanol–water partition coefficient (Wildman–Crippen LogP) is 3.89. The molecular weight excluding hydrogens is 285 g/mol. The van der Waals surface area contributed by atoms with Gasteiger partial charge in [-0.25, -0.2) is 4.98 Å². The van der Waals surface area contributed by atoms with Crippen LogP contribution in [0.4, 0.5) is 5.82 Å². The van der Waals surface area contributed by atoms with Gasteiger partial charge in [0.25, 0.3) is 0 Å². The number of rotatable bonds is 4. The Balaban J connectivity index is 2.51. The molecule has 6 heteroatoms. The highest BCUT2D eigenvalue weighted by Gasteiger charge is 2.11. The molecule has 100 valence electrons. The summed E-state index contributed by atoms with van der Waals surface area (Å²) in [6.07, 6.45) is 3.30. The maximum atomic E-state index is 6.19. The van der Waals surface area contributed by atoms with Crippen LogP contribution in [0.3, 0.4) is 0 Å². The van der Waals surface area contributed by atoms with Crippen molar-refractivity contribution in [2.45, 2.75) is 6.92 Å². The molecule has 2 heterocycles. The fourth-order valence-electron chi connectivity index (χ4n) is 1.62. The first-order valence-electron chi connectivity index (χ1n) is 5.75. The van der Waals surface area contributed by atoms with Crippen LogP contribution in [0, 0.1) is 0 Å². The molecule has 4 nitrogen and oxygen atoms in total. The number of halogens is 2. The number of nitrogens with one attached hydrogen (secondary N) is 1. The molecule has 0 saturated carbocycles. The van der Waals surface area contributed by atoms with Crippen LogP contribution in [-0.4, -0.2) is 23.6 Å². The van der Waals surface area contributed by atoms with E-state index in [2.05, 4.69) is 15.3 Å². The van der Waals surface area contributed by atoms with Gasteiger partial charge in [-0.3, -0.25) is 4.98 Å². The summed E-state index contributed by atoms with van der Waals surface area (Å²) in [7, 11) is 1.59. The molecule has 2 aromatic heterocycles. The Bertz CT molecular complexity index is 590. The van der Waals surface area contributed by atoms with E-state index in [1.54, 1.807) is 25.6 Å². The number of hydrogen-bond donors (Lipinski definition) is 1.